The minimum atomic E-state index is -3.31. The van der Waals surface area contributed by atoms with E-state index in [0.29, 0.717) is 0 Å². The molecule has 0 amide bonds. The highest BCUT2D eigenvalue weighted by Crippen LogP contribution is 2.19. The van der Waals surface area contributed by atoms with Crippen molar-refractivity contribution >= 4 is 9.84 Å². The Morgan fingerprint density at radius 3 is 2.14 bits per heavy atom. The van der Waals surface area contributed by atoms with Crippen LogP contribution in [-0.2, 0) is 9.84 Å². The van der Waals surface area contributed by atoms with Crippen LogP contribution in [0.15, 0.2) is 17.0 Å². The second kappa shape index (κ2) is 3.43. The third-order valence-electron chi connectivity index (χ3n) is 2.12. The highest BCUT2D eigenvalue weighted by atomic mass is 32.2. The summed E-state index contributed by atoms with van der Waals surface area (Å²) in [6, 6.07) is 5.04. The topological polar surface area (TPSA) is 57.9 Å². The zero-order valence-corrected chi connectivity index (χ0v) is 9.14. The van der Waals surface area contributed by atoms with E-state index in [-0.39, 0.29) is 10.5 Å². The summed E-state index contributed by atoms with van der Waals surface area (Å²) >= 11 is 0. The van der Waals surface area contributed by atoms with Crippen molar-refractivity contribution in [2.24, 2.45) is 0 Å². The van der Waals surface area contributed by atoms with Crippen LogP contribution < -0.4 is 0 Å². The molecular formula is C10H11NO2S. The van der Waals surface area contributed by atoms with Crippen LogP contribution in [0.4, 0.5) is 0 Å². The maximum absolute atomic E-state index is 11.3. The van der Waals surface area contributed by atoms with Gasteiger partial charge in [-0.25, -0.2) is 8.42 Å². The molecule has 74 valence electrons. The van der Waals surface area contributed by atoms with E-state index in [2.05, 4.69) is 0 Å². The second-order valence-corrected chi connectivity index (χ2v) is 5.30. The van der Waals surface area contributed by atoms with Crippen LogP contribution in [0, 0.1) is 25.2 Å². The molecule has 0 heterocycles. The Morgan fingerprint density at radius 1 is 1.21 bits per heavy atom. The fourth-order valence-electron chi connectivity index (χ4n) is 1.18. The Labute approximate surface area is 83.9 Å². The molecule has 1 aromatic rings. The van der Waals surface area contributed by atoms with Crippen LogP contribution in [0.3, 0.4) is 0 Å². The molecule has 0 saturated carbocycles. The van der Waals surface area contributed by atoms with Gasteiger partial charge in [0, 0.05) is 6.26 Å². The van der Waals surface area contributed by atoms with E-state index < -0.39 is 9.84 Å². The highest BCUT2D eigenvalue weighted by Gasteiger charge is 2.14. The zero-order chi connectivity index (χ0) is 10.9. The molecule has 0 spiro atoms. The Morgan fingerprint density at radius 2 is 1.71 bits per heavy atom. The van der Waals surface area contributed by atoms with E-state index in [1.165, 1.54) is 0 Å². The van der Waals surface area contributed by atoms with Crippen LogP contribution in [0.5, 0.6) is 0 Å². The van der Waals surface area contributed by atoms with Gasteiger partial charge in [0.15, 0.2) is 9.84 Å². The first-order valence-electron chi connectivity index (χ1n) is 4.07. The molecule has 14 heavy (non-hydrogen) atoms. The Balaban J connectivity index is 3.61. The van der Waals surface area contributed by atoms with Crippen molar-refractivity contribution in [2.75, 3.05) is 6.26 Å². The maximum atomic E-state index is 11.3. The molecule has 0 aliphatic carbocycles. The first kappa shape index (κ1) is 10.7. The number of nitrogens with zero attached hydrogens (tertiary/aromatic N) is 1. The van der Waals surface area contributed by atoms with Gasteiger partial charge in [0.25, 0.3) is 0 Å². The van der Waals surface area contributed by atoms with E-state index in [1.807, 2.05) is 19.9 Å². The third-order valence-corrected chi connectivity index (χ3v) is 3.25. The number of nitriles is 1. The predicted octanol–water partition coefficient (Wildman–Crippen LogP) is 1.58. The largest absolute Gasteiger partial charge is 0.224 e. The van der Waals surface area contributed by atoms with Gasteiger partial charge in [-0.3, -0.25) is 0 Å². The van der Waals surface area contributed by atoms with Gasteiger partial charge >= 0.3 is 0 Å². The number of hydrogen-bond donors (Lipinski definition) is 0. The summed E-state index contributed by atoms with van der Waals surface area (Å²) in [5.74, 6) is 0. The summed E-state index contributed by atoms with van der Waals surface area (Å²) in [6.07, 6.45) is 1.11. The molecule has 4 heteroatoms. The van der Waals surface area contributed by atoms with Crippen molar-refractivity contribution in [3.8, 4) is 6.07 Å². The van der Waals surface area contributed by atoms with Gasteiger partial charge in [-0.15, -0.1) is 0 Å². The number of hydrogen-bond acceptors (Lipinski definition) is 3. The Bertz CT molecular complexity index is 510. The molecule has 0 N–H and O–H groups in total. The first-order valence-corrected chi connectivity index (χ1v) is 5.97. The molecule has 0 aliphatic rings. The summed E-state index contributed by atoms with van der Waals surface area (Å²) in [7, 11) is -3.31. The van der Waals surface area contributed by atoms with Crippen molar-refractivity contribution < 1.29 is 8.42 Å². The average molecular weight is 209 g/mol. The molecule has 1 rings (SSSR count). The minimum Gasteiger partial charge on any atom is -0.224 e. The monoisotopic (exact) mass is 209 g/mol. The molecule has 0 saturated heterocycles. The molecule has 0 unspecified atom stereocenters. The summed E-state index contributed by atoms with van der Waals surface area (Å²) in [6.45, 7) is 3.67. The summed E-state index contributed by atoms with van der Waals surface area (Å²) < 4.78 is 22.7. The van der Waals surface area contributed by atoms with Crippen LogP contribution in [0.1, 0.15) is 16.7 Å². The van der Waals surface area contributed by atoms with Crippen molar-refractivity contribution in [3.05, 3.63) is 28.8 Å². The average Bonchev–Trinajstić information content (AvgIpc) is 2.07. The van der Waals surface area contributed by atoms with Crippen molar-refractivity contribution in [1.29, 1.82) is 5.26 Å². The van der Waals surface area contributed by atoms with E-state index in [1.54, 1.807) is 12.1 Å². The predicted molar refractivity (Wildman–Crippen MR) is 53.7 cm³/mol. The minimum absolute atomic E-state index is 0.114. The number of aryl methyl sites for hydroxylation is 2. The standard InChI is InChI=1S/C10H11NO2S/c1-7-4-9(6-11)10(5-8(7)2)14(3,12)13/h4-5H,1-3H3. The van der Waals surface area contributed by atoms with Crippen LogP contribution in [-0.4, -0.2) is 14.7 Å². The fourth-order valence-corrected chi connectivity index (χ4v) is 2.08. The fraction of sp³-hybridized carbons (Fsp3) is 0.300. The molecule has 0 bridgehead atoms. The first-order chi connectivity index (χ1) is 6.36. The van der Waals surface area contributed by atoms with Crippen LogP contribution >= 0.6 is 0 Å². The quantitative estimate of drug-likeness (QED) is 0.705. The number of sulfone groups is 1. The second-order valence-electron chi connectivity index (χ2n) is 3.32. The molecular weight excluding hydrogens is 198 g/mol. The zero-order valence-electron chi connectivity index (χ0n) is 8.33. The van der Waals surface area contributed by atoms with Gasteiger partial charge in [-0.1, -0.05) is 0 Å². The molecule has 0 radical (unpaired) electrons. The van der Waals surface area contributed by atoms with E-state index in [9.17, 15) is 8.42 Å². The summed E-state index contributed by atoms with van der Waals surface area (Å²) in [4.78, 5) is 0.114. The molecule has 0 fully saturated rings. The van der Waals surface area contributed by atoms with E-state index in [4.69, 9.17) is 5.26 Å². The van der Waals surface area contributed by atoms with Gasteiger partial charge < -0.3 is 0 Å². The van der Waals surface area contributed by atoms with Crippen molar-refractivity contribution in [3.63, 3.8) is 0 Å². The maximum Gasteiger partial charge on any atom is 0.176 e. The van der Waals surface area contributed by atoms with E-state index >= 15 is 0 Å². The lowest BCUT2D eigenvalue weighted by molar-refractivity contribution is 0.601. The molecule has 3 nitrogen and oxygen atoms in total. The van der Waals surface area contributed by atoms with Crippen LogP contribution in [0.25, 0.3) is 0 Å². The summed E-state index contributed by atoms with van der Waals surface area (Å²) in [5.41, 5.74) is 2.02. The molecule has 1 aromatic carbocycles. The molecule has 0 aromatic heterocycles. The molecule has 0 atom stereocenters. The lowest BCUT2D eigenvalue weighted by atomic mass is 10.1. The Kier molecular flexibility index (Phi) is 2.63. The number of rotatable bonds is 1. The Hall–Kier alpha value is -1.34. The number of benzene rings is 1. The van der Waals surface area contributed by atoms with Gasteiger partial charge in [0.2, 0.25) is 0 Å². The van der Waals surface area contributed by atoms with E-state index in [0.717, 1.165) is 17.4 Å². The van der Waals surface area contributed by atoms with Gasteiger partial charge in [0.1, 0.15) is 6.07 Å². The van der Waals surface area contributed by atoms with Gasteiger partial charge in [-0.05, 0) is 37.1 Å². The van der Waals surface area contributed by atoms with Crippen LogP contribution in [0.2, 0.25) is 0 Å². The third kappa shape index (κ3) is 1.94. The van der Waals surface area contributed by atoms with Gasteiger partial charge in [-0.2, -0.15) is 5.26 Å². The lowest BCUT2D eigenvalue weighted by Gasteiger charge is -2.05. The van der Waals surface area contributed by atoms with Crippen molar-refractivity contribution in [1.82, 2.24) is 0 Å². The summed E-state index contributed by atoms with van der Waals surface area (Å²) in [5, 5.41) is 8.78. The van der Waals surface area contributed by atoms with Gasteiger partial charge in [0.05, 0.1) is 10.5 Å². The SMILES string of the molecule is Cc1cc(C#N)c(S(C)(=O)=O)cc1C. The normalized spacial score (nSPS) is 11.0. The highest BCUT2D eigenvalue weighted by molar-refractivity contribution is 7.90. The molecule has 0 aliphatic heterocycles. The lowest BCUT2D eigenvalue weighted by Crippen LogP contribution is -2.02. The smallest absolute Gasteiger partial charge is 0.176 e. The van der Waals surface area contributed by atoms with Crippen molar-refractivity contribution in [2.45, 2.75) is 18.7 Å².